The van der Waals surface area contributed by atoms with E-state index in [1.807, 2.05) is 14.7 Å². The van der Waals surface area contributed by atoms with Crippen LogP contribution in [0, 0.1) is 27.0 Å². The highest BCUT2D eigenvalue weighted by Gasteiger charge is 2.29. The highest BCUT2D eigenvalue weighted by molar-refractivity contribution is 6.32. The molecule has 0 unspecified atom stereocenters. The largest absolute Gasteiger partial charge is 0.384 e. The zero-order valence-corrected chi connectivity index (χ0v) is 84.5. The first-order chi connectivity index (χ1) is 71.4. The summed E-state index contributed by atoms with van der Waals surface area (Å²) in [7, 11) is 8.19. The quantitative estimate of drug-likeness (QED) is 0.0144. The molecule has 0 spiro atoms. The normalized spacial score (nSPS) is 11.9. The van der Waals surface area contributed by atoms with Crippen molar-refractivity contribution >= 4 is 204 Å². The van der Waals surface area contributed by atoms with E-state index in [0.29, 0.717) is 110 Å². The Morgan fingerprint density at radius 2 is 0.409 bits per heavy atom. The van der Waals surface area contributed by atoms with Crippen LogP contribution in [0.4, 0.5) is 57.5 Å². The molecule has 0 bridgehead atoms. The Hall–Kier alpha value is -18.1. The lowest BCUT2D eigenvalue weighted by Crippen LogP contribution is -2.42. The lowest BCUT2D eigenvalue weighted by molar-refractivity contribution is 0.101. The molecule has 18 rings (SSSR count). The minimum Gasteiger partial charge on any atom is -0.384 e. The van der Waals surface area contributed by atoms with Gasteiger partial charge in [-0.2, -0.15) is 25.5 Å². The number of carbonyl (C=O) groups is 10. The summed E-state index contributed by atoms with van der Waals surface area (Å²) in [5, 5.41) is 90.3. The number of amides is 10. The summed E-state index contributed by atoms with van der Waals surface area (Å²) in [5.74, 6) is -1.22. The van der Waals surface area contributed by atoms with E-state index in [1.165, 1.54) is 54.4 Å². The van der Waals surface area contributed by atoms with Gasteiger partial charge in [0.1, 0.15) is 80.2 Å². The maximum atomic E-state index is 12.8. The number of hydrogen-bond donors (Lipinski definition) is 16. The Balaban J connectivity index is 0.000000147. The summed E-state index contributed by atoms with van der Waals surface area (Å²) in [6.07, 6.45) is 10.3. The third-order valence-corrected chi connectivity index (χ3v) is 24.5. The number of aromatic nitrogens is 10. The highest BCUT2D eigenvalue weighted by atomic mass is 35.5. The van der Waals surface area contributed by atoms with Crippen LogP contribution in [0.3, 0.4) is 0 Å². The fourth-order valence-corrected chi connectivity index (χ4v) is 15.3. The van der Waals surface area contributed by atoms with Crippen molar-refractivity contribution in [3.05, 3.63) is 382 Å². The number of likely N-dealkylation sites (tertiary alicyclic amines) is 2. The van der Waals surface area contributed by atoms with E-state index in [4.69, 9.17) is 90.8 Å². The van der Waals surface area contributed by atoms with E-state index in [9.17, 15) is 47.9 Å². The lowest BCUT2D eigenvalue weighted by Gasteiger charge is -2.33. The van der Waals surface area contributed by atoms with E-state index < -0.39 is 35.4 Å². The summed E-state index contributed by atoms with van der Waals surface area (Å²) in [6, 6.07) is 67.0. The van der Waals surface area contributed by atoms with Crippen LogP contribution in [-0.2, 0) is 35.2 Å². The maximum Gasteiger partial charge on any atom is 0.261 e. The smallest absolute Gasteiger partial charge is 0.261 e. The molecule has 8 heterocycles. The van der Waals surface area contributed by atoms with Crippen molar-refractivity contribution in [3.8, 4) is 0 Å². The van der Waals surface area contributed by atoms with Crippen LogP contribution in [0.1, 0.15) is 158 Å². The number of halogens is 5. The third-order valence-electron chi connectivity index (χ3n) is 23.2. The zero-order valence-electron chi connectivity index (χ0n) is 80.7. The van der Waals surface area contributed by atoms with Gasteiger partial charge >= 0.3 is 0 Å². The molecule has 0 aliphatic carbocycles. The zero-order chi connectivity index (χ0) is 106. The molecule has 0 atom stereocenters. The van der Waals surface area contributed by atoms with Gasteiger partial charge in [0, 0.05) is 184 Å². The predicted molar refractivity (Wildman–Crippen MR) is 578 cm³/mol. The van der Waals surface area contributed by atoms with Gasteiger partial charge in [-0.3, -0.25) is 93.0 Å². The number of carbonyl (C=O) groups excluding carboxylic acids is 10. The molecule has 5 aromatic heterocycles. The molecule has 149 heavy (non-hydrogen) atoms. The van der Waals surface area contributed by atoms with E-state index in [0.717, 1.165) is 80.8 Å². The first kappa shape index (κ1) is 107. The molecule has 15 aromatic rings. The second kappa shape index (κ2) is 49.0. The van der Waals surface area contributed by atoms with E-state index in [-0.39, 0.29) is 86.4 Å². The lowest BCUT2D eigenvalue weighted by atomic mass is 10.1. The van der Waals surface area contributed by atoms with Crippen LogP contribution in [0.2, 0.25) is 25.1 Å². The number of aryl methyl sites for hydroxylation is 5. The minimum atomic E-state index is -0.419. The average Bonchev–Trinajstić information content (AvgIpc) is 1.64. The Morgan fingerprint density at radius 3 is 0.584 bits per heavy atom. The van der Waals surface area contributed by atoms with E-state index in [1.54, 1.807) is 285 Å². The van der Waals surface area contributed by atoms with Gasteiger partial charge in [-0.25, -0.2) is 0 Å². The molecule has 758 valence electrons. The Kier molecular flexibility index (Phi) is 35.1. The fourth-order valence-electron chi connectivity index (χ4n) is 14.6. The topological polar surface area (TPSA) is 535 Å². The SMILES string of the molecule is CC(=N)c1ccc(C(=O)Nc2c(C(=O)Nc3ccc(Cl)cc3)cnn2C)cc1.Cn1ncc(C(=O)Nc2ccc(Cl)cc2)c1NC(=O)c1ccc(C(=N)N)cc1.Cn1ncc(C(=O)Nc2ccc(Cl)cc2)c1NC(=O)c1ccc(C(=N)N2CC2)cc1.Cn1ncc(C(=O)Nc2ccc(Cl)cc2)c1NC(=O)c1ccc(C(=N)N2CCC2)cc1.Cn1ncc(C(=O)Nc2ccc(Cl)cc2)c1NC(=O)c1ccc(C(=N)N2CCCC2)cc1. The Morgan fingerprint density at radius 1 is 0.235 bits per heavy atom. The molecule has 39 nitrogen and oxygen atoms in total. The standard InChI is InChI=1S/C23H23ClN6O2.C22H21ClN6O2.C21H19ClN6O2.C20H18ClN5O2.C19H17ClN6O2/c1-29-21(19(14-26-29)23(32)27-18-10-8-17(24)9-11-18)28-22(31)16-6-4-15(5-7-16)20(25)30-12-2-3-13-30;1-28-20(18(13-25-28)22(31)26-17-9-7-16(23)8-10-17)27-21(30)15-5-3-14(4-6-15)19(24)29-11-2-12-29;1-27-19(17(12-24-27)21(30)25-16-8-6-15(22)7-9-16)26-20(29)14-4-2-13(3-5-14)18(23)28-10-11-28;1-12(22)13-3-5-14(6-4-13)19(27)25-18-17(11-23-26(18)2)20(28)24-16-9-7-15(21)8-10-16;1-26-17(25-18(27)12-4-2-11(3-5-12)16(21)22)15(10-23-26)19(28)24-14-8-6-13(20)7-9-14/h4-11,14,25H,2-3,12-13H2,1H3,(H,27,32)(H,28,31);3-10,13,24H,2,11-12H2,1H3,(H,26,31)(H,27,30);2-9,12,23H,10-11H2,1H3,(H,25,30)(H,26,29);3-11,22H,1-2H3,(H,24,28)(H,25,27);2-10H,1H3,(H3,21,22)(H,24,28)(H,25,27). The van der Waals surface area contributed by atoms with Crippen molar-refractivity contribution < 1.29 is 47.9 Å². The molecule has 3 fully saturated rings. The van der Waals surface area contributed by atoms with Crippen LogP contribution >= 0.6 is 58.0 Å². The summed E-state index contributed by atoms with van der Waals surface area (Å²) in [6.45, 7) is 7.02. The molecule has 3 saturated heterocycles. The van der Waals surface area contributed by atoms with Crippen molar-refractivity contribution in [2.75, 3.05) is 92.4 Å². The molecule has 3 aliphatic heterocycles. The van der Waals surface area contributed by atoms with Gasteiger partial charge in [0.2, 0.25) is 0 Å². The molecule has 0 radical (unpaired) electrons. The molecular weight excluding hydrogens is 2000 g/mol. The van der Waals surface area contributed by atoms with E-state index in [2.05, 4.69) is 78.7 Å². The van der Waals surface area contributed by atoms with Gasteiger partial charge in [-0.15, -0.1) is 0 Å². The van der Waals surface area contributed by atoms with Crippen molar-refractivity contribution in [2.24, 2.45) is 41.0 Å². The molecule has 44 heteroatoms. The maximum absolute atomic E-state index is 12.8. The van der Waals surface area contributed by atoms with Crippen molar-refractivity contribution in [1.29, 1.82) is 27.0 Å². The van der Waals surface area contributed by atoms with E-state index >= 15 is 0 Å². The first-order valence-corrected chi connectivity index (χ1v) is 47.8. The predicted octanol–water partition coefficient (Wildman–Crippen LogP) is 17.7. The van der Waals surface area contributed by atoms with Gasteiger partial charge in [0.05, 0.1) is 31.0 Å². The minimum absolute atomic E-state index is 0.0836. The van der Waals surface area contributed by atoms with Gasteiger partial charge in [-0.1, -0.05) is 119 Å². The number of benzene rings is 10. The average molecular weight is 2100 g/mol. The molecule has 10 aromatic carbocycles. The van der Waals surface area contributed by atoms with Crippen LogP contribution in [0.15, 0.2) is 274 Å². The van der Waals surface area contributed by atoms with Gasteiger partial charge in [-0.05, 0) is 214 Å². The summed E-state index contributed by atoms with van der Waals surface area (Å²) in [5.41, 5.74) is 15.4. The second-order valence-electron chi connectivity index (χ2n) is 33.7. The van der Waals surface area contributed by atoms with Gasteiger partial charge in [0.15, 0.2) is 0 Å². The monoisotopic (exact) mass is 2100 g/mol. The second-order valence-corrected chi connectivity index (χ2v) is 35.9. The van der Waals surface area contributed by atoms with Crippen molar-refractivity contribution in [2.45, 2.75) is 26.2 Å². The third kappa shape index (κ3) is 28.1. The Labute approximate surface area is 878 Å². The van der Waals surface area contributed by atoms with Crippen molar-refractivity contribution in [3.63, 3.8) is 0 Å². The number of anilines is 10. The van der Waals surface area contributed by atoms with Crippen LogP contribution in [-0.4, -0.2) is 191 Å². The molecular formula is C105H98Cl5N29O10. The highest BCUT2D eigenvalue weighted by Crippen LogP contribution is 2.29. The number of nitrogen functional groups attached to an aromatic ring is 1. The summed E-state index contributed by atoms with van der Waals surface area (Å²) in [4.78, 5) is 133. The van der Waals surface area contributed by atoms with Gasteiger partial charge < -0.3 is 79.0 Å². The van der Waals surface area contributed by atoms with Gasteiger partial charge in [0.25, 0.3) is 59.1 Å². The van der Waals surface area contributed by atoms with Crippen LogP contribution in [0.25, 0.3) is 0 Å². The van der Waals surface area contributed by atoms with Crippen molar-refractivity contribution in [1.82, 2.24) is 63.6 Å². The number of nitrogens with two attached hydrogens (primary N) is 1. The number of rotatable bonds is 25. The summed E-state index contributed by atoms with van der Waals surface area (Å²) >= 11 is 29.3. The molecule has 0 saturated carbocycles. The van der Waals surface area contributed by atoms with Crippen LogP contribution < -0.4 is 58.9 Å². The fraction of sp³-hybridized carbons (Fsp3) is 0.143. The molecule has 3 aliphatic rings. The first-order valence-electron chi connectivity index (χ1n) is 45.9. The number of nitrogens with one attached hydrogen (secondary N) is 15. The Bertz CT molecular complexity index is 7380. The molecule has 17 N–H and O–H groups in total. The van der Waals surface area contributed by atoms with Crippen LogP contribution in [0.5, 0.6) is 0 Å². The number of nitrogens with zero attached hydrogens (tertiary/aromatic N) is 13. The molecule has 10 amide bonds. The summed E-state index contributed by atoms with van der Waals surface area (Å²) < 4.78 is 7.12. The number of amidine groups is 4. The number of hydrogen-bond acceptors (Lipinski definition) is 20.